The molecule has 0 bridgehead atoms. The van der Waals surface area contributed by atoms with E-state index in [1.54, 1.807) is 12.1 Å². The molecule has 1 amide bonds. The second kappa shape index (κ2) is 6.84. The molecule has 1 unspecified atom stereocenters. The van der Waals surface area contributed by atoms with Crippen molar-refractivity contribution in [1.82, 2.24) is 4.90 Å². The van der Waals surface area contributed by atoms with Gasteiger partial charge in [0.1, 0.15) is 5.82 Å². The zero-order chi connectivity index (χ0) is 13.8. The lowest BCUT2D eigenvalue weighted by molar-refractivity contribution is 0.0605. The lowest BCUT2D eigenvalue weighted by atomic mass is 9.99. The van der Waals surface area contributed by atoms with Crippen LogP contribution in [0.4, 0.5) is 4.39 Å². The molecule has 0 saturated carbocycles. The second-order valence-corrected chi connectivity index (χ2v) is 6.46. The van der Waals surface area contributed by atoms with Crippen LogP contribution in [0, 0.1) is 5.82 Å². The van der Waals surface area contributed by atoms with Crippen molar-refractivity contribution in [2.45, 2.75) is 31.7 Å². The summed E-state index contributed by atoms with van der Waals surface area (Å²) in [7, 11) is 0. The smallest absolute Gasteiger partial charge is 0.257 e. The Balaban J connectivity index is 2.21. The minimum absolute atomic E-state index is 0.171. The molecule has 104 valence electrons. The van der Waals surface area contributed by atoms with Crippen LogP contribution in [-0.2, 0) is 0 Å². The fourth-order valence-corrected chi connectivity index (χ4v) is 3.37. The number of alkyl halides is 1. The highest BCUT2D eigenvalue weighted by Gasteiger charge is 2.28. The summed E-state index contributed by atoms with van der Waals surface area (Å²) in [5.74, 6) is -0.641. The number of nitrogens with zero attached hydrogens (tertiary/aromatic N) is 1. The molecule has 2 rings (SSSR count). The third-order valence-electron chi connectivity index (χ3n) is 3.49. The third kappa shape index (κ3) is 3.57. The van der Waals surface area contributed by atoms with Gasteiger partial charge in [-0.05, 0) is 43.9 Å². The number of carbonyl (C=O) groups excluding carboxylic acids is 1. The maximum atomic E-state index is 13.9. The molecule has 1 aromatic rings. The van der Waals surface area contributed by atoms with E-state index in [2.05, 4.69) is 31.9 Å². The first-order chi connectivity index (χ1) is 9.13. The summed E-state index contributed by atoms with van der Waals surface area (Å²) in [6, 6.07) is 4.83. The Bertz CT molecular complexity index is 465. The number of piperidine rings is 1. The van der Waals surface area contributed by atoms with E-state index in [9.17, 15) is 9.18 Å². The Kier molecular flexibility index (Phi) is 5.39. The minimum Gasteiger partial charge on any atom is -0.336 e. The van der Waals surface area contributed by atoms with E-state index < -0.39 is 5.82 Å². The maximum Gasteiger partial charge on any atom is 0.257 e. The molecule has 1 aliphatic rings. The van der Waals surface area contributed by atoms with Gasteiger partial charge in [-0.3, -0.25) is 4.79 Å². The number of benzene rings is 1. The van der Waals surface area contributed by atoms with Crippen LogP contribution >= 0.6 is 31.9 Å². The molecule has 19 heavy (non-hydrogen) atoms. The van der Waals surface area contributed by atoms with Crippen LogP contribution in [0.5, 0.6) is 0 Å². The molecule has 1 aliphatic heterocycles. The van der Waals surface area contributed by atoms with Gasteiger partial charge in [0.2, 0.25) is 0 Å². The highest BCUT2D eigenvalue weighted by Crippen LogP contribution is 2.24. The standard InChI is InChI=1S/C14H16Br2FNO/c15-7-6-11-3-1-2-8-18(11)14(19)12-5-4-10(16)9-13(12)17/h4-5,9,11H,1-3,6-8H2. The first-order valence-electron chi connectivity index (χ1n) is 6.45. The summed E-state index contributed by atoms with van der Waals surface area (Å²) in [5, 5.41) is 0.865. The van der Waals surface area contributed by atoms with Gasteiger partial charge in [0, 0.05) is 22.4 Å². The molecular weight excluding hydrogens is 377 g/mol. The van der Waals surface area contributed by atoms with E-state index in [-0.39, 0.29) is 17.5 Å². The van der Waals surface area contributed by atoms with Gasteiger partial charge in [-0.25, -0.2) is 4.39 Å². The number of likely N-dealkylation sites (tertiary alicyclic amines) is 1. The number of halogens is 3. The van der Waals surface area contributed by atoms with Gasteiger partial charge >= 0.3 is 0 Å². The van der Waals surface area contributed by atoms with Gasteiger partial charge in [-0.1, -0.05) is 31.9 Å². The van der Waals surface area contributed by atoms with Crippen molar-refractivity contribution >= 4 is 37.8 Å². The predicted octanol–water partition coefficient (Wildman–Crippen LogP) is 4.37. The summed E-state index contributed by atoms with van der Waals surface area (Å²) in [4.78, 5) is 14.3. The average Bonchev–Trinajstić information content (AvgIpc) is 2.39. The number of hydrogen-bond donors (Lipinski definition) is 0. The Morgan fingerprint density at radius 1 is 1.42 bits per heavy atom. The van der Waals surface area contributed by atoms with E-state index in [0.29, 0.717) is 4.47 Å². The zero-order valence-electron chi connectivity index (χ0n) is 10.5. The minimum atomic E-state index is -0.456. The van der Waals surface area contributed by atoms with Crippen LogP contribution in [0.1, 0.15) is 36.0 Å². The zero-order valence-corrected chi connectivity index (χ0v) is 13.7. The lowest BCUT2D eigenvalue weighted by Crippen LogP contribution is -2.44. The molecule has 0 spiro atoms. The second-order valence-electron chi connectivity index (χ2n) is 4.75. The monoisotopic (exact) mass is 391 g/mol. The molecular formula is C14H16Br2FNO. The van der Waals surface area contributed by atoms with Gasteiger partial charge in [0.15, 0.2) is 0 Å². The Morgan fingerprint density at radius 3 is 2.89 bits per heavy atom. The molecule has 0 aromatic heterocycles. The molecule has 2 nitrogen and oxygen atoms in total. The van der Waals surface area contributed by atoms with Gasteiger partial charge in [-0.2, -0.15) is 0 Å². The normalized spacial score (nSPS) is 19.5. The summed E-state index contributed by atoms with van der Waals surface area (Å²) >= 11 is 6.63. The van der Waals surface area contributed by atoms with Crippen molar-refractivity contribution in [2.24, 2.45) is 0 Å². The van der Waals surface area contributed by atoms with Gasteiger partial charge in [0.25, 0.3) is 5.91 Å². The summed E-state index contributed by atoms with van der Waals surface area (Å²) in [6.07, 6.45) is 4.08. The number of hydrogen-bond acceptors (Lipinski definition) is 1. The highest BCUT2D eigenvalue weighted by atomic mass is 79.9. The number of amides is 1. The van der Waals surface area contributed by atoms with E-state index in [0.717, 1.165) is 37.6 Å². The van der Waals surface area contributed by atoms with Crippen molar-refractivity contribution in [1.29, 1.82) is 0 Å². The van der Waals surface area contributed by atoms with E-state index in [1.165, 1.54) is 6.07 Å². The van der Waals surface area contributed by atoms with Gasteiger partial charge in [-0.15, -0.1) is 0 Å². The van der Waals surface area contributed by atoms with Crippen molar-refractivity contribution in [2.75, 3.05) is 11.9 Å². The van der Waals surface area contributed by atoms with Crippen LogP contribution in [0.3, 0.4) is 0 Å². The molecule has 0 radical (unpaired) electrons. The fourth-order valence-electron chi connectivity index (χ4n) is 2.51. The quantitative estimate of drug-likeness (QED) is 0.699. The average molecular weight is 393 g/mol. The highest BCUT2D eigenvalue weighted by molar-refractivity contribution is 9.10. The summed E-state index contributed by atoms with van der Waals surface area (Å²) in [6.45, 7) is 0.728. The first kappa shape index (κ1) is 15.0. The lowest BCUT2D eigenvalue weighted by Gasteiger charge is -2.35. The summed E-state index contributed by atoms with van der Waals surface area (Å²) < 4.78 is 14.5. The predicted molar refractivity (Wildman–Crippen MR) is 81.2 cm³/mol. The van der Waals surface area contributed by atoms with Crippen molar-refractivity contribution in [3.05, 3.63) is 34.1 Å². The molecule has 0 N–H and O–H groups in total. The van der Waals surface area contributed by atoms with E-state index >= 15 is 0 Å². The molecule has 1 saturated heterocycles. The van der Waals surface area contributed by atoms with Gasteiger partial charge < -0.3 is 4.90 Å². The van der Waals surface area contributed by atoms with Crippen LogP contribution in [0.25, 0.3) is 0 Å². The maximum absolute atomic E-state index is 13.9. The molecule has 1 heterocycles. The Labute approximate surface area is 129 Å². The van der Waals surface area contributed by atoms with Gasteiger partial charge in [0.05, 0.1) is 5.56 Å². The van der Waals surface area contributed by atoms with Crippen LogP contribution in [0.2, 0.25) is 0 Å². The van der Waals surface area contributed by atoms with Crippen molar-refractivity contribution in [3.63, 3.8) is 0 Å². The van der Waals surface area contributed by atoms with Crippen LogP contribution < -0.4 is 0 Å². The van der Waals surface area contributed by atoms with Crippen LogP contribution in [0.15, 0.2) is 22.7 Å². The first-order valence-corrected chi connectivity index (χ1v) is 8.37. The Hall–Kier alpha value is -0.420. The summed E-state index contributed by atoms with van der Waals surface area (Å²) in [5.41, 5.74) is 0.171. The molecule has 1 atom stereocenters. The molecule has 1 aromatic carbocycles. The topological polar surface area (TPSA) is 20.3 Å². The molecule has 5 heteroatoms. The SMILES string of the molecule is O=C(c1ccc(Br)cc1F)N1CCCCC1CCBr. The van der Waals surface area contributed by atoms with Crippen molar-refractivity contribution < 1.29 is 9.18 Å². The van der Waals surface area contributed by atoms with E-state index in [4.69, 9.17) is 0 Å². The number of carbonyl (C=O) groups is 1. The molecule has 1 fully saturated rings. The molecule has 0 aliphatic carbocycles. The third-order valence-corrected chi connectivity index (χ3v) is 4.44. The van der Waals surface area contributed by atoms with E-state index in [1.807, 2.05) is 4.90 Å². The van der Waals surface area contributed by atoms with Crippen LogP contribution in [-0.4, -0.2) is 28.7 Å². The van der Waals surface area contributed by atoms with Crippen molar-refractivity contribution in [3.8, 4) is 0 Å². The largest absolute Gasteiger partial charge is 0.336 e. The number of rotatable bonds is 3. The Morgan fingerprint density at radius 2 is 2.21 bits per heavy atom. The fraction of sp³-hybridized carbons (Fsp3) is 0.500.